The molecule has 0 unspecified atom stereocenters. The highest BCUT2D eigenvalue weighted by molar-refractivity contribution is 7.91. The molecule has 1 aromatic carbocycles. The molecule has 8 heteroatoms. The lowest BCUT2D eigenvalue weighted by Crippen LogP contribution is -2.40. The first-order valence-corrected chi connectivity index (χ1v) is 12.1. The maximum Gasteiger partial charge on any atom is 0.290 e. The van der Waals surface area contributed by atoms with Gasteiger partial charge in [0.15, 0.2) is 15.6 Å². The van der Waals surface area contributed by atoms with E-state index in [9.17, 15) is 13.2 Å². The zero-order valence-electron chi connectivity index (χ0n) is 15.6. The molecule has 3 heterocycles. The topological polar surface area (TPSA) is 67.6 Å². The molecule has 5 nitrogen and oxygen atoms in total. The number of furan rings is 1. The van der Waals surface area contributed by atoms with E-state index in [1.165, 1.54) is 0 Å². The summed E-state index contributed by atoms with van der Waals surface area (Å²) < 4.78 is 30.0. The highest BCUT2D eigenvalue weighted by Crippen LogP contribution is 2.31. The average Bonchev–Trinajstić information content (AvgIpc) is 3.30. The van der Waals surface area contributed by atoms with Crippen LogP contribution < -0.4 is 0 Å². The van der Waals surface area contributed by atoms with Crippen molar-refractivity contribution in [3.05, 3.63) is 56.4 Å². The zero-order chi connectivity index (χ0) is 20.1. The Morgan fingerprint density at radius 1 is 1.32 bits per heavy atom. The van der Waals surface area contributed by atoms with Crippen LogP contribution in [0.25, 0.3) is 11.0 Å². The molecule has 0 bridgehead atoms. The smallest absolute Gasteiger partial charge is 0.290 e. The number of thiophene rings is 1. The summed E-state index contributed by atoms with van der Waals surface area (Å²) in [6, 6.07) is 6.89. The van der Waals surface area contributed by atoms with Gasteiger partial charge in [0.25, 0.3) is 5.91 Å². The maximum absolute atomic E-state index is 13.5. The fourth-order valence-electron chi connectivity index (χ4n) is 3.64. The Labute approximate surface area is 172 Å². The highest BCUT2D eigenvalue weighted by atomic mass is 35.5. The summed E-state index contributed by atoms with van der Waals surface area (Å²) in [5.74, 6) is 0.0731. The summed E-state index contributed by atoms with van der Waals surface area (Å²) in [5, 5.41) is 3.35. The molecule has 0 saturated carbocycles. The van der Waals surface area contributed by atoms with E-state index in [2.05, 4.69) is 0 Å². The molecule has 0 N–H and O–H groups in total. The third-order valence-electron chi connectivity index (χ3n) is 5.28. The molecule has 0 aliphatic carbocycles. The molecule has 0 radical (unpaired) electrons. The Morgan fingerprint density at radius 2 is 2.11 bits per heavy atom. The monoisotopic (exact) mass is 437 g/mol. The first kappa shape index (κ1) is 19.5. The fourth-order valence-corrected chi connectivity index (χ4v) is 6.44. The van der Waals surface area contributed by atoms with E-state index in [4.69, 9.17) is 16.0 Å². The lowest BCUT2D eigenvalue weighted by Gasteiger charge is -2.27. The summed E-state index contributed by atoms with van der Waals surface area (Å²) in [4.78, 5) is 16.2. The second-order valence-corrected chi connectivity index (χ2v) is 10.9. The maximum atomic E-state index is 13.5. The number of hydrogen-bond acceptors (Lipinski definition) is 5. The second-order valence-electron chi connectivity index (χ2n) is 7.21. The molecule has 148 valence electrons. The lowest BCUT2D eigenvalue weighted by atomic mass is 10.1. The Morgan fingerprint density at radius 3 is 2.75 bits per heavy atom. The summed E-state index contributed by atoms with van der Waals surface area (Å²) >= 11 is 7.66. The summed E-state index contributed by atoms with van der Waals surface area (Å²) in [7, 11) is -3.12. The quantitative estimate of drug-likeness (QED) is 0.598. The molecule has 1 fully saturated rings. The molecular formula is C20H20ClNO4S2. The van der Waals surface area contributed by atoms with Crippen molar-refractivity contribution in [2.45, 2.75) is 32.9 Å². The van der Waals surface area contributed by atoms with Gasteiger partial charge >= 0.3 is 0 Å². The van der Waals surface area contributed by atoms with Gasteiger partial charge in [-0.3, -0.25) is 4.79 Å². The predicted octanol–water partition coefficient (Wildman–Crippen LogP) is 4.59. The van der Waals surface area contributed by atoms with Crippen molar-refractivity contribution in [3.8, 4) is 0 Å². The van der Waals surface area contributed by atoms with Gasteiger partial charge in [-0.15, -0.1) is 11.3 Å². The Balaban J connectivity index is 1.74. The second kappa shape index (κ2) is 7.21. The van der Waals surface area contributed by atoms with E-state index in [0.29, 0.717) is 23.6 Å². The van der Waals surface area contributed by atoms with Gasteiger partial charge in [0.1, 0.15) is 5.58 Å². The van der Waals surface area contributed by atoms with E-state index in [0.717, 1.165) is 21.4 Å². The van der Waals surface area contributed by atoms with E-state index in [1.54, 1.807) is 34.4 Å². The molecule has 4 rings (SSSR count). The Kier molecular flexibility index (Phi) is 5.02. The van der Waals surface area contributed by atoms with E-state index in [-0.39, 0.29) is 29.2 Å². The number of nitrogens with zero attached hydrogens (tertiary/aromatic N) is 1. The fraction of sp³-hybridized carbons (Fsp3) is 0.350. The van der Waals surface area contributed by atoms with Crippen LogP contribution in [0.1, 0.15) is 33.0 Å². The average molecular weight is 438 g/mol. The third-order valence-corrected chi connectivity index (χ3v) is 8.28. The van der Waals surface area contributed by atoms with Gasteiger partial charge in [0.05, 0.1) is 18.1 Å². The van der Waals surface area contributed by atoms with Gasteiger partial charge in [-0.2, -0.15) is 0 Å². The van der Waals surface area contributed by atoms with Crippen molar-refractivity contribution < 1.29 is 17.6 Å². The predicted molar refractivity (Wildman–Crippen MR) is 112 cm³/mol. The molecule has 3 aromatic rings. The molecular weight excluding hydrogens is 418 g/mol. The van der Waals surface area contributed by atoms with Crippen molar-refractivity contribution in [3.63, 3.8) is 0 Å². The first-order valence-electron chi connectivity index (χ1n) is 8.98. The number of aryl methyl sites for hydroxylation is 2. The SMILES string of the molecule is Cc1ccsc1CN(C(=O)c1oc2ccc(Cl)cc2c1C)[C@@H]1CCS(=O)(=O)C1. The molecule has 0 spiro atoms. The van der Waals surface area contributed by atoms with Crippen LogP contribution in [0.3, 0.4) is 0 Å². The van der Waals surface area contributed by atoms with Crippen LogP contribution in [0.2, 0.25) is 5.02 Å². The number of rotatable bonds is 4. The van der Waals surface area contributed by atoms with Crippen LogP contribution in [0.4, 0.5) is 0 Å². The number of carbonyl (C=O) groups is 1. The number of amides is 1. The highest BCUT2D eigenvalue weighted by Gasteiger charge is 2.37. The minimum absolute atomic E-state index is 0.00569. The van der Waals surface area contributed by atoms with Crippen molar-refractivity contribution >= 4 is 49.7 Å². The summed E-state index contributed by atoms with van der Waals surface area (Å²) in [6.07, 6.45) is 0.448. The third kappa shape index (κ3) is 3.58. The van der Waals surface area contributed by atoms with Crippen molar-refractivity contribution in [2.24, 2.45) is 0 Å². The van der Waals surface area contributed by atoms with Gasteiger partial charge in [-0.05, 0) is 55.5 Å². The van der Waals surface area contributed by atoms with Crippen LogP contribution >= 0.6 is 22.9 Å². The largest absolute Gasteiger partial charge is 0.451 e. The lowest BCUT2D eigenvalue weighted by molar-refractivity contribution is 0.0651. The molecule has 28 heavy (non-hydrogen) atoms. The number of benzene rings is 1. The van der Waals surface area contributed by atoms with Gasteiger partial charge < -0.3 is 9.32 Å². The van der Waals surface area contributed by atoms with Crippen molar-refractivity contribution in [2.75, 3.05) is 11.5 Å². The van der Waals surface area contributed by atoms with Gasteiger partial charge in [0.2, 0.25) is 0 Å². The van der Waals surface area contributed by atoms with E-state index >= 15 is 0 Å². The number of sulfone groups is 1. The molecule has 1 amide bonds. The normalized spacial score (nSPS) is 18.6. The number of fused-ring (bicyclic) bond motifs is 1. The molecule has 1 atom stereocenters. The zero-order valence-corrected chi connectivity index (χ0v) is 18.0. The van der Waals surface area contributed by atoms with Gasteiger partial charge in [-0.1, -0.05) is 11.6 Å². The van der Waals surface area contributed by atoms with Crippen molar-refractivity contribution in [1.29, 1.82) is 0 Å². The minimum Gasteiger partial charge on any atom is -0.451 e. The molecule has 2 aromatic heterocycles. The molecule has 1 aliphatic rings. The summed E-state index contributed by atoms with van der Waals surface area (Å²) in [5.41, 5.74) is 2.41. The van der Waals surface area contributed by atoms with Crippen molar-refractivity contribution in [1.82, 2.24) is 4.90 Å². The van der Waals surface area contributed by atoms with Crippen LogP contribution in [-0.2, 0) is 16.4 Å². The van der Waals surface area contributed by atoms with E-state index in [1.807, 2.05) is 25.3 Å². The van der Waals surface area contributed by atoms with Gasteiger partial charge in [-0.25, -0.2) is 8.42 Å². The van der Waals surface area contributed by atoms with E-state index < -0.39 is 9.84 Å². The van der Waals surface area contributed by atoms with Crippen LogP contribution in [0.15, 0.2) is 34.1 Å². The van der Waals surface area contributed by atoms with Crippen LogP contribution in [0, 0.1) is 13.8 Å². The number of carbonyl (C=O) groups excluding carboxylic acids is 1. The van der Waals surface area contributed by atoms with Crippen LogP contribution in [0.5, 0.6) is 0 Å². The number of halogens is 1. The standard InChI is InChI=1S/C20H20ClNO4S2/c1-12-5-7-27-18(12)10-22(15-6-8-28(24,25)11-15)20(23)19-13(2)16-9-14(21)3-4-17(16)26-19/h3-5,7,9,15H,6,8,10-11H2,1-2H3/t15-/m1/s1. The van der Waals surface area contributed by atoms with Crippen LogP contribution in [-0.4, -0.2) is 36.8 Å². The minimum atomic E-state index is -3.12. The first-order chi connectivity index (χ1) is 13.2. The number of hydrogen-bond donors (Lipinski definition) is 0. The van der Waals surface area contributed by atoms with Gasteiger partial charge in [0, 0.05) is 26.9 Å². The molecule has 1 aliphatic heterocycles. The molecule has 1 saturated heterocycles. The Hall–Kier alpha value is -1.83. The Bertz CT molecular complexity index is 1160. The summed E-state index contributed by atoms with van der Waals surface area (Å²) in [6.45, 7) is 4.20.